The first-order valence-electron chi connectivity index (χ1n) is 6.22. The van der Waals surface area contributed by atoms with Gasteiger partial charge < -0.3 is 0 Å². The van der Waals surface area contributed by atoms with Crippen LogP contribution in [0.1, 0.15) is 11.1 Å². The molecule has 0 bridgehead atoms. The van der Waals surface area contributed by atoms with Crippen molar-refractivity contribution in [2.45, 2.75) is 9.88 Å². The van der Waals surface area contributed by atoms with Crippen LogP contribution < -0.4 is 7.16 Å². The van der Waals surface area contributed by atoms with Gasteiger partial charge in [-0.15, -0.1) is 0 Å². The van der Waals surface area contributed by atoms with Crippen molar-refractivity contribution in [2.24, 2.45) is 0 Å². The molecule has 0 nitrogen and oxygen atoms in total. The predicted molar refractivity (Wildman–Crippen MR) is 85.5 cm³/mol. The van der Waals surface area contributed by atoms with Gasteiger partial charge in [-0.3, -0.25) is 0 Å². The maximum atomic E-state index is 5.40. The summed E-state index contributed by atoms with van der Waals surface area (Å²) in [5.41, 5.74) is 1.88. The SMILES string of the molecule is C#Cc1cc[c]([Sn]([CH3])([CH3])[c]2ccc(C#C)cc2)cc1. The van der Waals surface area contributed by atoms with Gasteiger partial charge in [-0.1, -0.05) is 0 Å². The van der Waals surface area contributed by atoms with Gasteiger partial charge in [-0.05, 0) is 0 Å². The van der Waals surface area contributed by atoms with E-state index in [1.165, 1.54) is 7.16 Å². The van der Waals surface area contributed by atoms with Crippen molar-refractivity contribution in [3.63, 3.8) is 0 Å². The molecule has 2 aromatic carbocycles. The third kappa shape index (κ3) is 2.86. The van der Waals surface area contributed by atoms with E-state index in [1.807, 2.05) is 24.3 Å². The van der Waals surface area contributed by atoms with Crippen LogP contribution in [0.15, 0.2) is 48.5 Å². The van der Waals surface area contributed by atoms with Crippen LogP contribution in [0.4, 0.5) is 0 Å². The van der Waals surface area contributed by atoms with Crippen molar-refractivity contribution in [1.29, 1.82) is 0 Å². The summed E-state index contributed by atoms with van der Waals surface area (Å²) in [5.74, 6) is 5.32. The number of terminal acetylenes is 2. The second kappa shape index (κ2) is 5.55. The fraction of sp³-hybridized carbons (Fsp3) is 0.111. The summed E-state index contributed by atoms with van der Waals surface area (Å²) < 4.78 is 2.89. The second-order valence-corrected chi connectivity index (χ2v) is 17.6. The average Bonchev–Trinajstić information content (AvgIpc) is 2.47. The van der Waals surface area contributed by atoms with E-state index in [1.54, 1.807) is 0 Å². The van der Waals surface area contributed by atoms with E-state index in [0.29, 0.717) is 0 Å². The van der Waals surface area contributed by atoms with Crippen LogP contribution in [0.3, 0.4) is 0 Å². The van der Waals surface area contributed by atoms with Crippen LogP contribution in [-0.2, 0) is 0 Å². The Morgan fingerprint density at radius 1 is 0.684 bits per heavy atom. The molecule has 0 radical (unpaired) electrons. The number of hydrogen-bond donors (Lipinski definition) is 0. The Morgan fingerprint density at radius 3 is 1.26 bits per heavy atom. The Bertz CT molecular complexity index is 587. The molecule has 0 fully saturated rings. The fourth-order valence-electron chi connectivity index (χ4n) is 2.13. The van der Waals surface area contributed by atoms with E-state index in [4.69, 9.17) is 12.8 Å². The first kappa shape index (κ1) is 13.8. The molecule has 0 unspecified atom stereocenters. The van der Waals surface area contributed by atoms with Crippen molar-refractivity contribution in [1.82, 2.24) is 0 Å². The van der Waals surface area contributed by atoms with Gasteiger partial charge in [0.1, 0.15) is 0 Å². The number of hydrogen-bond acceptors (Lipinski definition) is 0. The molecule has 0 amide bonds. The third-order valence-electron chi connectivity index (χ3n) is 3.55. The molecule has 0 saturated heterocycles. The summed E-state index contributed by atoms with van der Waals surface area (Å²) in [7, 11) is 0. The summed E-state index contributed by atoms with van der Waals surface area (Å²) >= 11 is -2.48. The van der Waals surface area contributed by atoms with E-state index in [9.17, 15) is 0 Å². The van der Waals surface area contributed by atoms with Gasteiger partial charge in [-0.25, -0.2) is 0 Å². The zero-order valence-electron chi connectivity index (χ0n) is 11.3. The van der Waals surface area contributed by atoms with Crippen molar-refractivity contribution in [2.75, 3.05) is 0 Å². The second-order valence-electron chi connectivity index (χ2n) is 5.07. The maximum absolute atomic E-state index is 5.40. The van der Waals surface area contributed by atoms with Crippen LogP contribution in [0, 0.1) is 24.7 Å². The molecular formula is C18H16Sn. The zero-order chi connectivity index (χ0) is 13.9. The Labute approximate surface area is 119 Å². The van der Waals surface area contributed by atoms with Gasteiger partial charge in [0.15, 0.2) is 0 Å². The van der Waals surface area contributed by atoms with Crippen molar-refractivity contribution in [3.8, 4) is 24.7 Å². The summed E-state index contributed by atoms with van der Waals surface area (Å²) in [6, 6.07) is 16.8. The molecule has 0 aliphatic carbocycles. The molecule has 0 N–H and O–H groups in total. The molecule has 0 aromatic heterocycles. The molecule has 0 saturated carbocycles. The molecule has 92 valence electrons. The van der Waals surface area contributed by atoms with E-state index in [2.05, 4.69) is 46.0 Å². The third-order valence-corrected chi connectivity index (χ3v) is 13.7. The van der Waals surface area contributed by atoms with Gasteiger partial charge in [0.25, 0.3) is 0 Å². The molecular weight excluding hydrogens is 335 g/mol. The Morgan fingerprint density at radius 2 is 1.00 bits per heavy atom. The molecule has 0 aliphatic rings. The summed E-state index contributed by atoms with van der Waals surface area (Å²) in [6.07, 6.45) is 10.8. The van der Waals surface area contributed by atoms with Crippen LogP contribution >= 0.6 is 0 Å². The molecule has 0 spiro atoms. The molecule has 2 rings (SSSR count). The predicted octanol–water partition coefficient (Wildman–Crippen LogP) is 2.47. The van der Waals surface area contributed by atoms with Gasteiger partial charge in [0.2, 0.25) is 0 Å². The van der Waals surface area contributed by atoms with Crippen LogP contribution in [-0.4, -0.2) is 18.4 Å². The minimum atomic E-state index is -2.48. The average molecular weight is 351 g/mol. The molecule has 0 aliphatic heterocycles. The van der Waals surface area contributed by atoms with Crippen molar-refractivity contribution >= 4 is 25.5 Å². The standard InChI is InChI=1S/2C8H5.2CH3.Sn/c2*1-2-8-6-4-3-5-7-8;;;/h2*1,4-7H;2*1H3;. The van der Waals surface area contributed by atoms with Gasteiger partial charge in [0, 0.05) is 0 Å². The Balaban J connectivity index is 2.40. The Kier molecular flexibility index (Phi) is 4.03. The van der Waals surface area contributed by atoms with Crippen molar-refractivity contribution in [3.05, 3.63) is 59.7 Å². The minimum absolute atomic E-state index is 0.938. The molecule has 19 heavy (non-hydrogen) atoms. The van der Waals surface area contributed by atoms with Crippen LogP contribution in [0.25, 0.3) is 0 Å². The van der Waals surface area contributed by atoms with E-state index in [-0.39, 0.29) is 0 Å². The summed E-state index contributed by atoms with van der Waals surface area (Å²) in [5, 5.41) is 0. The van der Waals surface area contributed by atoms with Gasteiger partial charge in [0.05, 0.1) is 0 Å². The quantitative estimate of drug-likeness (QED) is 0.576. The molecule has 2 aromatic rings. The van der Waals surface area contributed by atoms with E-state index in [0.717, 1.165) is 11.1 Å². The van der Waals surface area contributed by atoms with Crippen LogP contribution in [0.2, 0.25) is 9.88 Å². The Hall–Kier alpha value is -1.64. The molecule has 0 heterocycles. The van der Waals surface area contributed by atoms with E-state index >= 15 is 0 Å². The van der Waals surface area contributed by atoms with Crippen LogP contribution in [0.5, 0.6) is 0 Å². The normalized spacial score (nSPS) is 10.5. The molecule has 1 heteroatoms. The van der Waals surface area contributed by atoms with E-state index < -0.39 is 18.4 Å². The number of benzene rings is 2. The van der Waals surface area contributed by atoms with Gasteiger partial charge >= 0.3 is 120 Å². The fourth-order valence-corrected chi connectivity index (χ4v) is 8.79. The molecule has 0 atom stereocenters. The monoisotopic (exact) mass is 352 g/mol. The van der Waals surface area contributed by atoms with Crippen molar-refractivity contribution < 1.29 is 0 Å². The topological polar surface area (TPSA) is 0 Å². The van der Waals surface area contributed by atoms with Gasteiger partial charge in [-0.2, -0.15) is 0 Å². The summed E-state index contributed by atoms with van der Waals surface area (Å²) in [4.78, 5) is 4.81. The first-order chi connectivity index (χ1) is 9.07. The summed E-state index contributed by atoms with van der Waals surface area (Å²) in [6.45, 7) is 0. The zero-order valence-corrected chi connectivity index (χ0v) is 14.1. The number of rotatable bonds is 2. The first-order valence-corrected chi connectivity index (χ1v) is 14.8.